The van der Waals surface area contributed by atoms with Gasteiger partial charge in [0.15, 0.2) is 0 Å². The van der Waals surface area contributed by atoms with Crippen molar-refractivity contribution in [3.8, 4) is 17.5 Å². The van der Waals surface area contributed by atoms with Crippen molar-refractivity contribution in [2.24, 2.45) is 0 Å². The quantitative estimate of drug-likeness (QED) is 0.909. The standard InChI is InChI=1S/C17H17N5O3/c18-11-17(5-7-19-8-6-17)15-20-14(21-25-15)12-1-3-13(4-2-12)22-9-10-24-16(22)23/h1-4,19H,5-10H2. The molecule has 0 saturated carbocycles. The first kappa shape index (κ1) is 15.6. The molecule has 1 aromatic heterocycles. The number of benzene rings is 1. The number of nitrogens with zero attached hydrogens (tertiary/aromatic N) is 4. The SMILES string of the molecule is N#CC1(c2nc(-c3ccc(N4CCOC4=O)cc3)no2)CCNCC1. The molecule has 1 aromatic carbocycles. The fourth-order valence-corrected chi connectivity index (χ4v) is 3.18. The van der Waals surface area contributed by atoms with Crippen LogP contribution in [0.1, 0.15) is 18.7 Å². The van der Waals surface area contributed by atoms with E-state index < -0.39 is 5.41 Å². The lowest BCUT2D eigenvalue weighted by atomic mass is 9.80. The molecule has 4 rings (SSSR count). The van der Waals surface area contributed by atoms with Gasteiger partial charge in [-0.05, 0) is 50.2 Å². The van der Waals surface area contributed by atoms with Crippen LogP contribution in [-0.4, -0.2) is 42.5 Å². The van der Waals surface area contributed by atoms with Crippen LogP contribution in [0.15, 0.2) is 28.8 Å². The number of carbonyl (C=O) groups is 1. The molecule has 2 aliphatic rings. The highest BCUT2D eigenvalue weighted by Crippen LogP contribution is 2.33. The third kappa shape index (κ3) is 2.72. The summed E-state index contributed by atoms with van der Waals surface area (Å²) in [5.74, 6) is 0.817. The molecule has 0 unspecified atom stereocenters. The molecule has 128 valence electrons. The molecule has 8 nitrogen and oxygen atoms in total. The summed E-state index contributed by atoms with van der Waals surface area (Å²) in [6.07, 6.45) is 0.971. The van der Waals surface area contributed by atoms with E-state index in [2.05, 4.69) is 21.5 Å². The minimum Gasteiger partial charge on any atom is -0.447 e. The highest BCUT2D eigenvalue weighted by Gasteiger charge is 2.39. The molecule has 3 heterocycles. The second-order valence-electron chi connectivity index (χ2n) is 6.18. The lowest BCUT2D eigenvalue weighted by molar-refractivity contribution is 0.181. The number of hydrogen-bond donors (Lipinski definition) is 1. The maximum absolute atomic E-state index is 11.6. The van der Waals surface area contributed by atoms with Crippen molar-refractivity contribution in [3.05, 3.63) is 30.2 Å². The molecule has 0 aliphatic carbocycles. The van der Waals surface area contributed by atoms with Crippen molar-refractivity contribution in [1.29, 1.82) is 5.26 Å². The Morgan fingerprint density at radius 1 is 1.24 bits per heavy atom. The van der Waals surface area contributed by atoms with Gasteiger partial charge in [0.25, 0.3) is 0 Å². The number of nitriles is 1. The maximum atomic E-state index is 11.6. The van der Waals surface area contributed by atoms with Crippen LogP contribution < -0.4 is 10.2 Å². The summed E-state index contributed by atoms with van der Waals surface area (Å²) >= 11 is 0. The number of ether oxygens (including phenoxy) is 1. The van der Waals surface area contributed by atoms with Gasteiger partial charge in [-0.15, -0.1) is 0 Å². The number of nitrogens with one attached hydrogen (secondary N) is 1. The topological polar surface area (TPSA) is 104 Å². The lowest BCUT2D eigenvalue weighted by Crippen LogP contribution is -2.39. The van der Waals surface area contributed by atoms with Crippen molar-refractivity contribution < 1.29 is 14.1 Å². The monoisotopic (exact) mass is 339 g/mol. The van der Waals surface area contributed by atoms with Crippen molar-refractivity contribution in [2.75, 3.05) is 31.1 Å². The van der Waals surface area contributed by atoms with Gasteiger partial charge in [-0.3, -0.25) is 4.90 Å². The van der Waals surface area contributed by atoms with E-state index in [1.807, 2.05) is 24.3 Å². The Morgan fingerprint density at radius 2 is 2.00 bits per heavy atom. The number of anilines is 1. The number of cyclic esters (lactones) is 1. The summed E-state index contributed by atoms with van der Waals surface area (Å²) in [5.41, 5.74) is 0.825. The van der Waals surface area contributed by atoms with Crippen molar-refractivity contribution in [3.63, 3.8) is 0 Å². The molecule has 1 amide bonds. The zero-order valence-corrected chi connectivity index (χ0v) is 13.6. The van der Waals surface area contributed by atoms with E-state index in [0.717, 1.165) is 24.3 Å². The highest BCUT2D eigenvalue weighted by atomic mass is 16.6. The van der Waals surface area contributed by atoms with Gasteiger partial charge < -0.3 is 14.6 Å². The van der Waals surface area contributed by atoms with Gasteiger partial charge in [0, 0.05) is 11.3 Å². The smallest absolute Gasteiger partial charge is 0.414 e. The van der Waals surface area contributed by atoms with E-state index >= 15 is 0 Å². The molecule has 2 aromatic rings. The molecule has 8 heteroatoms. The first-order chi connectivity index (χ1) is 12.2. The zero-order valence-electron chi connectivity index (χ0n) is 13.6. The number of hydrogen-bond acceptors (Lipinski definition) is 7. The molecular formula is C17H17N5O3. The first-order valence-corrected chi connectivity index (χ1v) is 8.23. The maximum Gasteiger partial charge on any atom is 0.414 e. The molecule has 25 heavy (non-hydrogen) atoms. The van der Waals surface area contributed by atoms with Crippen LogP contribution in [0.3, 0.4) is 0 Å². The Balaban J connectivity index is 1.58. The summed E-state index contributed by atoms with van der Waals surface area (Å²) < 4.78 is 10.3. The number of aromatic nitrogens is 2. The van der Waals surface area contributed by atoms with Gasteiger partial charge >= 0.3 is 6.09 Å². The summed E-state index contributed by atoms with van der Waals surface area (Å²) in [7, 11) is 0. The summed E-state index contributed by atoms with van der Waals surface area (Å²) in [4.78, 5) is 17.6. The molecule has 2 saturated heterocycles. The van der Waals surface area contributed by atoms with E-state index in [-0.39, 0.29) is 6.09 Å². The molecule has 0 bridgehead atoms. The summed E-state index contributed by atoms with van der Waals surface area (Å²) in [6.45, 7) is 2.46. The van der Waals surface area contributed by atoms with E-state index in [0.29, 0.717) is 37.7 Å². The largest absolute Gasteiger partial charge is 0.447 e. The predicted octanol–water partition coefficient (Wildman–Crippen LogP) is 1.84. The number of rotatable bonds is 3. The summed E-state index contributed by atoms with van der Waals surface area (Å²) in [6, 6.07) is 9.66. The number of carbonyl (C=O) groups excluding carboxylic acids is 1. The number of amides is 1. The van der Waals surface area contributed by atoms with Crippen molar-refractivity contribution in [1.82, 2.24) is 15.5 Å². The van der Waals surface area contributed by atoms with Gasteiger partial charge in [0.05, 0.1) is 12.6 Å². The molecule has 0 radical (unpaired) electrons. The Morgan fingerprint density at radius 3 is 2.64 bits per heavy atom. The molecule has 0 atom stereocenters. The molecule has 0 spiro atoms. The number of piperidine rings is 1. The van der Waals surface area contributed by atoms with E-state index in [1.165, 1.54) is 0 Å². The lowest BCUT2D eigenvalue weighted by Gasteiger charge is -2.27. The average molecular weight is 339 g/mol. The molecule has 1 N–H and O–H groups in total. The van der Waals surface area contributed by atoms with Crippen LogP contribution in [0, 0.1) is 11.3 Å². The fraction of sp³-hybridized carbons (Fsp3) is 0.412. The van der Waals surface area contributed by atoms with Gasteiger partial charge in [-0.1, -0.05) is 5.16 Å². The van der Waals surface area contributed by atoms with Crippen LogP contribution in [-0.2, 0) is 10.2 Å². The Bertz CT molecular complexity index is 818. The van der Waals surface area contributed by atoms with Crippen LogP contribution >= 0.6 is 0 Å². The highest BCUT2D eigenvalue weighted by molar-refractivity contribution is 5.89. The van der Waals surface area contributed by atoms with E-state index in [9.17, 15) is 10.1 Å². The van der Waals surface area contributed by atoms with E-state index in [4.69, 9.17) is 9.26 Å². The summed E-state index contributed by atoms with van der Waals surface area (Å²) in [5, 5.41) is 16.9. The Kier molecular flexibility index (Phi) is 3.86. The van der Waals surface area contributed by atoms with Crippen LogP contribution in [0.2, 0.25) is 0 Å². The molecule has 2 aliphatic heterocycles. The minimum atomic E-state index is -0.713. The Hall–Kier alpha value is -2.92. The van der Waals surface area contributed by atoms with Gasteiger partial charge in [-0.2, -0.15) is 10.2 Å². The third-order valence-electron chi connectivity index (χ3n) is 4.70. The van der Waals surface area contributed by atoms with Crippen LogP contribution in [0.25, 0.3) is 11.4 Å². The molecule has 2 fully saturated rings. The second kappa shape index (κ2) is 6.18. The first-order valence-electron chi connectivity index (χ1n) is 8.23. The van der Waals surface area contributed by atoms with Gasteiger partial charge in [0.1, 0.15) is 12.0 Å². The van der Waals surface area contributed by atoms with Crippen LogP contribution in [0.4, 0.5) is 10.5 Å². The minimum absolute atomic E-state index is 0.337. The van der Waals surface area contributed by atoms with Crippen molar-refractivity contribution >= 4 is 11.8 Å². The fourth-order valence-electron chi connectivity index (χ4n) is 3.18. The Labute approximate surface area is 144 Å². The zero-order chi connectivity index (χ0) is 17.3. The normalized spacial score (nSPS) is 19.5. The van der Waals surface area contributed by atoms with Gasteiger partial charge in [-0.25, -0.2) is 4.79 Å². The van der Waals surface area contributed by atoms with E-state index in [1.54, 1.807) is 4.90 Å². The third-order valence-corrected chi connectivity index (χ3v) is 4.70. The van der Waals surface area contributed by atoms with Crippen LogP contribution in [0.5, 0.6) is 0 Å². The second-order valence-corrected chi connectivity index (χ2v) is 6.18. The average Bonchev–Trinajstić information content (AvgIpc) is 3.32. The molecular weight excluding hydrogens is 322 g/mol. The van der Waals surface area contributed by atoms with Gasteiger partial charge in [0.2, 0.25) is 11.7 Å². The van der Waals surface area contributed by atoms with Crippen molar-refractivity contribution in [2.45, 2.75) is 18.3 Å². The predicted molar refractivity (Wildman–Crippen MR) is 87.8 cm³/mol.